The molecule has 1 saturated carbocycles. The Morgan fingerprint density at radius 3 is 2.67 bits per heavy atom. The van der Waals surface area contributed by atoms with E-state index < -0.39 is 17.4 Å². The Morgan fingerprint density at radius 1 is 1.27 bits per heavy atom. The maximum absolute atomic E-state index is 11.4. The highest BCUT2D eigenvalue weighted by atomic mass is 16.8. The van der Waals surface area contributed by atoms with Gasteiger partial charge in [0.05, 0.1) is 6.10 Å². The van der Waals surface area contributed by atoms with Gasteiger partial charge in [0.2, 0.25) is 0 Å². The van der Waals surface area contributed by atoms with Crippen LogP contribution in [0.2, 0.25) is 0 Å². The van der Waals surface area contributed by atoms with Crippen LogP contribution in [0.1, 0.15) is 26.7 Å². The molecule has 2 saturated heterocycles. The zero-order chi connectivity index (χ0) is 10.8. The number of carbonyl (C=O) groups is 1. The van der Waals surface area contributed by atoms with Crippen molar-refractivity contribution in [2.75, 3.05) is 0 Å². The summed E-state index contributed by atoms with van der Waals surface area (Å²) in [5.74, 6) is -1.19. The molecule has 3 rings (SSSR count). The highest BCUT2D eigenvalue weighted by Crippen LogP contribution is 2.46. The van der Waals surface area contributed by atoms with E-state index in [0.717, 1.165) is 0 Å². The van der Waals surface area contributed by atoms with E-state index in [9.17, 15) is 9.90 Å². The lowest BCUT2D eigenvalue weighted by molar-refractivity contribution is -0.171. The average molecular weight is 214 g/mol. The summed E-state index contributed by atoms with van der Waals surface area (Å²) >= 11 is 0. The summed E-state index contributed by atoms with van der Waals surface area (Å²) in [4.78, 5) is 11.4. The van der Waals surface area contributed by atoms with Crippen molar-refractivity contribution in [3.63, 3.8) is 0 Å². The van der Waals surface area contributed by atoms with E-state index in [2.05, 4.69) is 0 Å². The highest BCUT2D eigenvalue weighted by molar-refractivity contribution is 5.82. The van der Waals surface area contributed by atoms with E-state index in [1.165, 1.54) is 0 Å². The fourth-order valence-corrected chi connectivity index (χ4v) is 2.72. The second kappa shape index (κ2) is 2.53. The molecular weight excluding hydrogens is 200 g/mol. The van der Waals surface area contributed by atoms with Gasteiger partial charge in [-0.1, -0.05) is 0 Å². The van der Waals surface area contributed by atoms with E-state index in [4.69, 9.17) is 14.2 Å². The van der Waals surface area contributed by atoms with E-state index in [-0.39, 0.29) is 24.7 Å². The van der Waals surface area contributed by atoms with Gasteiger partial charge in [0.15, 0.2) is 11.4 Å². The Kier molecular flexibility index (Phi) is 1.62. The average Bonchev–Trinajstić information content (AvgIpc) is 2.50. The van der Waals surface area contributed by atoms with Crippen LogP contribution in [0.15, 0.2) is 0 Å². The molecule has 5 nitrogen and oxygen atoms in total. The smallest absolute Gasteiger partial charge is 0.338 e. The quantitative estimate of drug-likeness (QED) is 0.573. The van der Waals surface area contributed by atoms with Crippen molar-refractivity contribution in [3.8, 4) is 0 Å². The molecule has 3 fully saturated rings. The number of ether oxygens (including phenoxy) is 3. The minimum atomic E-state index is -1.35. The van der Waals surface area contributed by atoms with Gasteiger partial charge >= 0.3 is 5.97 Å². The number of aliphatic hydroxyl groups is 1. The van der Waals surface area contributed by atoms with Crippen LogP contribution in [-0.4, -0.2) is 40.8 Å². The minimum absolute atomic E-state index is 0.230. The minimum Gasteiger partial charge on any atom is -0.457 e. The van der Waals surface area contributed by atoms with Crippen LogP contribution in [0.5, 0.6) is 0 Å². The molecule has 1 N–H and O–H groups in total. The molecule has 2 bridgehead atoms. The molecule has 0 aromatic carbocycles. The first-order valence-electron chi connectivity index (χ1n) is 5.19. The Hall–Kier alpha value is -0.650. The molecule has 5 heteroatoms. The van der Waals surface area contributed by atoms with Gasteiger partial charge < -0.3 is 19.3 Å². The maximum Gasteiger partial charge on any atom is 0.338 e. The van der Waals surface area contributed by atoms with E-state index in [1.807, 2.05) is 13.8 Å². The van der Waals surface area contributed by atoms with Crippen molar-refractivity contribution in [3.05, 3.63) is 0 Å². The summed E-state index contributed by atoms with van der Waals surface area (Å²) in [5.41, 5.74) is -1.35. The molecule has 4 atom stereocenters. The van der Waals surface area contributed by atoms with Crippen molar-refractivity contribution in [2.24, 2.45) is 0 Å². The number of rotatable bonds is 0. The van der Waals surface area contributed by atoms with Crippen LogP contribution in [-0.2, 0) is 19.0 Å². The van der Waals surface area contributed by atoms with Crippen LogP contribution in [0.4, 0.5) is 0 Å². The molecule has 2 heterocycles. The van der Waals surface area contributed by atoms with Crippen LogP contribution >= 0.6 is 0 Å². The molecule has 0 radical (unpaired) electrons. The number of fused-ring (bicyclic) bond motifs is 4. The predicted octanol–water partition coefficient (Wildman–Crippen LogP) is -0.0432. The number of esters is 1. The first-order valence-corrected chi connectivity index (χ1v) is 5.19. The van der Waals surface area contributed by atoms with E-state index in [1.54, 1.807) is 0 Å². The largest absolute Gasteiger partial charge is 0.457 e. The van der Waals surface area contributed by atoms with Crippen LogP contribution in [0.3, 0.4) is 0 Å². The Balaban J connectivity index is 1.90. The summed E-state index contributed by atoms with van der Waals surface area (Å²) in [7, 11) is 0. The maximum atomic E-state index is 11.4. The molecule has 0 aromatic rings. The summed E-state index contributed by atoms with van der Waals surface area (Å²) in [6.07, 6.45) is -0.229. The van der Waals surface area contributed by atoms with E-state index >= 15 is 0 Å². The topological polar surface area (TPSA) is 65.0 Å². The molecule has 0 spiro atoms. The lowest BCUT2D eigenvalue weighted by Gasteiger charge is -2.29. The van der Waals surface area contributed by atoms with Crippen LogP contribution < -0.4 is 0 Å². The van der Waals surface area contributed by atoms with Gasteiger partial charge in [0.1, 0.15) is 12.2 Å². The van der Waals surface area contributed by atoms with Gasteiger partial charge in [-0.2, -0.15) is 0 Å². The zero-order valence-electron chi connectivity index (χ0n) is 8.73. The molecule has 0 amide bonds. The second-order valence-electron chi connectivity index (χ2n) is 5.02. The number of carbonyl (C=O) groups excluding carboxylic acids is 1. The molecule has 15 heavy (non-hydrogen) atoms. The van der Waals surface area contributed by atoms with Crippen molar-refractivity contribution in [1.29, 1.82) is 0 Å². The van der Waals surface area contributed by atoms with Crippen LogP contribution in [0, 0.1) is 0 Å². The standard InChI is InChI=1S/C10H14O5/c1-9(2)14-6-4-10(12)3-5(7(6)15-9)13-8(10)11/h5-7,12H,3-4H2,1-2H3/t5?,6-,7+,10-/m1/s1. The number of hydrogen-bond acceptors (Lipinski definition) is 5. The summed E-state index contributed by atoms with van der Waals surface area (Å²) in [5, 5.41) is 10.00. The van der Waals surface area contributed by atoms with Crippen molar-refractivity contribution in [1.82, 2.24) is 0 Å². The third-order valence-electron chi connectivity index (χ3n) is 3.30. The monoisotopic (exact) mass is 214 g/mol. The van der Waals surface area contributed by atoms with E-state index in [0.29, 0.717) is 6.42 Å². The number of hydrogen-bond donors (Lipinski definition) is 1. The Bertz CT molecular complexity index is 326. The Morgan fingerprint density at radius 2 is 1.93 bits per heavy atom. The summed E-state index contributed by atoms with van der Waals surface area (Å²) in [6, 6.07) is 0. The second-order valence-corrected chi connectivity index (χ2v) is 5.02. The molecule has 3 aliphatic rings. The first kappa shape index (κ1) is 9.57. The van der Waals surface area contributed by atoms with Gasteiger partial charge in [0, 0.05) is 12.8 Å². The van der Waals surface area contributed by atoms with Crippen molar-refractivity contribution in [2.45, 2.75) is 56.4 Å². The SMILES string of the molecule is CC1(C)O[C@@H]2C[C@]3(O)CC(OC3=O)[C@@H]2O1. The zero-order valence-corrected chi connectivity index (χ0v) is 8.73. The first-order chi connectivity index (χ1) is 6.90. The molecule has 1 aliphatic carbocycles. The van der Waals surface area contributed by atoms with Crippen LogP contribution in [0.25, 0.3) is 0 Å². The van der Waals surface area contributed by atoms with Gasteiger partial charge in [-0.25, -0.2) is 4.79 Å². The van der Waals surface area contributed by atoms with Crippen molar-refractivity contribution < 1.29 is 24.1 Å². The normalized spacial score (nSPS) is 51.4. The molecule has 0 aromatic heterocycles. The van der Waals surface area contributed by atoms with Gasteiger partial charge in [-0.05, 0) is 13.8 Å². The lowest BCUT2D eigenvalue weighted by Crippen LogP contribution is -2.47. The molecular formula is C10H14O5. The molecule has 2 aliphatic heterocycles. The molecule has 1 unspecified atom stereocenters. The predicted molar refractivity (Wildman–Crippen MR) is 47.9 cm³/mol. The third-order valence-corrected chi connectivity index (χ3v) is 3.30. The highest BCUT2D eigenvalue weighted by Gasteiger charge is 2.62. The fraction of sp³-hybridized carbons (Fsp3) is 0.900. The van der Waals surface area contributed by atoms with Gasteiger partial charge in [-0.15, -0.1) is 0 Å². The molecule has 84 valence electrons. The van der Waals surface area contributed by atoms with Crippen molar-refractivity contribution >= 4 is 5.97 Å². The third kappa shape index (κ3) is 1.23. The summed E-state index contributed by atoms with van der Waals surface area (Å²) in [6.45, 7) is 3.65. The summed E-state index contributed by atoms with van der Waals surface area (Å²) < 4.78 is 16.4. The van der Waals surface area contributed by atoms with Gasteiger partial charge in [-0.3, -0.25) is 0 Å². The Labute approximate surface area is 87.3 Å². The lowest BCUT2D eigenvalue weighted by atomic mass is 9.82. The fourth-order valence-electron chi connectivity index (χ4n) is 2.72. The van der Waals surface area contributed by atoms with Gasteiger partial charge in [0.25, 0.3) is 0 Å².